The molecule has 3 rings (SSSR count). The van der Waals surface area contributed by atoms with E-state index in [9.17, 15) is 8.42 Å². The van der Waals surface area contributed by atoms with E-state index in [-0.39, 0.29) is 11.5 Å². The molecule has 23 heavy (non-hydrogen) atoms. The molecule has 120 valence electrons. The van der Waals surface area contributed by atoms with E-state index in [1.54, 1.807) is 12.1 Å². The highest BCUT2D eigenvalue weighted by molar-refractivity contribution is 14.1. The Bertz CT molecular complexity index is 829. The molecule has 1 aliphatic rings. The summed E-state index contributed by atoms with van der Waals surface area (Å²) in [4.78, 5) is 4.32. The molecule has 0 N–H and O–H groups in total. The van der Waals surface area contributed by atoms with Crippen LogP contribution in [0, 0.1) is 10.5 Å². The second-order valence-electron chi connectivity index (χ2n) is 5.07. The molecule has 2 aromatic carbocycles. The Morgan fingerprint density at radius 1 is 1.13 bits per heavy atom. The van der Waals surface area contributed by atoms with Crippen molar-refractivity contribution < 1.29 is 17.3 Å². The number of halogens is 1. The lowest BCUT2D eigenvalue weighted by Crippen LogP contribution is -2.17. The molecule has 0 saturated carbocycles. The molecule has 0 amide bonds. The predicted octanol–water partition coefficient (Wildman–Crippen LogP) is 3.11. The molecule has 1 heterocycles. The quantitative estimate of drug-likeness (QED) is 0.538. The molecule has 1 aliphatic heterocycles. The first-order valence-electron chi connectivity index (χ1n) is 6.90. The maximum atomic E-state index is 12.2. The number of hydrogen-bond acceptors (Lipinski definition) is 5. The Morgan fingerprint density at radius 2 is 1.78 bits per heavy atom. The third-order valence-electron chi connectivity index (χ3n) is 3.26. The van der Waals surface area contributed by atoms with Crippen LogP contribution in [0.4, 0.5) is 0 Å². The molecule has 5 nitrogen and oxygen atoms in total. The van der Waals surface area contributed by atoms with E-state index in [1.165, 1.54) is 12.1 Å². The minimum atomic E-state index is -3.86. The fourth-order valence-electron chi connectivity index (χ4n) is 2.06. The minimum absolute atomic E-state index is 0.0758. The summed E-state index contributed by atoms with van der Waals surface area (Å²) in [6.07, 6.45) is -0.865. The second kappa shape index (κ2) is 6.58. The number of hydrogen-bond donors (Lipinski definition) is 0. The largest absolute Gasteiger partial charge is 0.472 e. The summed E-state index contributed by atoms with van der Waals surface area (Å²) in [5.41, 5.74) is 1.77. The van der Waals surface area contributed by atoms with Gasteiger partial charge in [-0.1, -0.05) is 17.7 Å². The molecule has 0 aromatic heterocycles. The zero-order chi connectivity index (χ0) is 16.4. The van der Waals surface area contributed by atoms with Gasteiger partial charge in [-0.2, -0.15) is 8.42 Å². The molecule has 0 bridgehead atoms. The minimum Gasteiger partial charge on any atom is -0.472 e. The molecular formula is C16H14INO4S. The van der Waals surface area contributed by atoms with Crippen molar-refractivity contribution in [3.8, 4) is 0 Å². The Balaban J connectivity index is 1.76. The highest BCUT2D eigenvalue weighted by atomic mass is 127. The highest BCUT2D eigenvalue weighted by Gasteiger charge is 2.27. The smallest absolute Gasteiger partial charge is 0.299 e. The van der Waals surface area contributed by atoms with Gasteiger partial charge in [0, 0.05) is 9.13 Å². The van der Waals surface area contributed by atoms with Crippen LogP contribution in [0.25, 0.3) is 0 Å². The normalized spacial score (nSPS) is 17.7. The van der Waals surface area contributed by atoms with E-state index in [2.05, 4.69) is 27.6 Å². The van der Waals surface area contributed by atoms with Crippen LogP contribution in [-0.4, -0.2) is 27.2 Å². The fourth-order valence-corrected chi connectivity index (χ4v) is 3.39. The summed E-state index contributed by atoms with van der Waals surface area (Å²) in [7, 11) is -3.86. The summed E-state index contributed by atoms with van der Waals surface area (Å²) >= 11 is 2.21. The third-order valence-corrected chi connectivity index (χ3v) is 5.31. The summed E-state index contributed by atoms with van der Waals surface area (Å²) in [6, 6.07) is 14.1. The van der Waals surface area contributed by atoms with Crippen molar-refractivity contribution >= 4 is 38.6 Å². The maximum absolute atomic E-state index is 12.2. The van der Waals surface area contributed by atoms with E-state index >= 15 is 0 Å². The average molecular weight is 443 g/mol. The molecule has 2 aromatic rings. The van der Waals surface area contributed by atoms with E-state index in [1.807, 2.05) is 31.2 Å². The summed E-state index contributed by atoms with van der Waals surface area (Å²) < 4.78 is 36.2. The lowest BCUT2D eigenvalue weighted by atomic mass is 10.2. The Hall–Kier alpha value is -1.45. The van der Waals surface area contributed by atoms with Crippen molar-refractivity contribution in [3.63, 3.8) is 0 Å². The molecule has 0 saturated heterocycles. The van der Waals surface area contributed by atoms with Gasteiger partial charge in [0.2, 0.25) is 12.1 Å². The SMILES string of the molecule is Cc1ccc(S(=O)(=O)OC2COC(c3ccc(I)cc3)=N2)cc1. The molecule has 7 heteroatoms. The fraction of sp³-hybridized carbons (Fsp3) is 0.188. The lowest BCUT2D eigenvalue weighted by molar-refractivity contribution is 0.167. The topological polar surface area (TPSA) is 65.0 Å². The average Bonchev–Trinajstić information content (AvgIpc) is 2.96. The zero-order valence-corrected chi connectivity index (χ0v) is 15.2. The van der Waals surface area contributed by atoms with Crippen LogP contribution in [0.15, 0.2) is 58.4 Å². The van der Waals surface area contributed by atoms with Crippen LogP contribution in [0.1, 0.15) is 11.1 Å². The number of ether oxygens (including phenoxy) is 1. The highest BCUT2D eigenvalue weighted by Crippen LogP contribution is 2.20. The third kappa shape index (κ3) is 3.91. The van der Waals surface area contributed by atoms with Gasteiger partial charge in [-0.25, -0.2) is 9.18 Å². The van der Waals surface area contributed by atoms with Crippen LogP contribution in [0.2, 0.25) is 0 Å². The standard InChI is InChI=1S/C16H14INO4S/c1-11-2-8-14(9-3-11)23(19,20)22-15-10-21-16(18-15)12-4-6-13(17)7-5-12/h2-9,15H,10H2,1H3. The van der Waals surface area contributed by atoms with Crippen LogP contribution in [0.3, 0.4) is 0 Å². The summed E-state index contributed by atoms with van der Waals surface area (Å²) in [6.45, 7) is 1.96. The van der Waals surface area contributed by atoms with E-state index < -0.39 is 16.3 Å². The maximum Gasteiger partial charge on any atom is 0.299 e. The molecule has 0 aliphatic carbocycles. The number of aryl methyl sites for hydroxylation is 1. The van der Waals surface area contributed by atoms with Crippen molar-refractivity contribution in [2.75, 3.05) is 6.61 Å². The van der Waals surface area contributed by atoms with E-state index in [4.69, 9.17) is 8.92 Å². The lowest BCUT2D eigenvalue weighted by Gasteiger charge is -2.08. The second-order valence-corrected chi connectivity index (χ2v) is 7.89. The molecule has 1 unspecified atom stereocenters. The van der Waals surface area contributed by atoms with Gasteiger partial charge in [0.05, 0.1) is 4.90 Å². The van der Waals surface area contributed by atoms with Crippen molar-refractivity contribution in [2.24, 2.45) is 4.99 Å². The number of rotatable bonds is 4. The summed E-state index contributed by atoms with van der Waals surface area (Å²) in [5, 5.41) is 0. The first kappa shape index (κ1) is 16.4. The van der Waals surface area contributed by atoms with Crippen molar-refractivity contribution in [2.45, 2.75) is 18.0 Å². The van der Waals surface area contributed by atoms with Crippen molar-refractivity contribution in [3.05, 3.63) is 63.2 Å². The summed E-state index contributed by atoms with van der Waals surface area (Å²) in [5.74, 6) is 0.394. The molecule has 0 spiro atoms. The predicted molar refractivity (Wildman–Crippen MR) is 94.9 cm³/mol. The van der Waals surface area contributed by atoms with Gasteiger partial charge >= 0.3 is 0 Å². The van der Waals surface area contributed by atoms with Gasteiger partial charge < -0.3 is 4.74 Å². The van der Waals surface area contributed by atoms with E-state index in [0.29, 0.717) is 5.90 Å². The Morgan fingerprint density at radius 3 is 2.43 bits per heavy atom. The van der Waals surface area contributed by atoms with E-state index in [0.717, 1.165) is 14.7 Å². The van der Waals surface area contributed by atoms with Crippen molar-refractivity contribution in [1.82, 2.24) is 0 Å². The number of benzene rings is 2. The van der Waals surface area contributed by atoms with Gasteiger partial charge in [0.15, 0.2) is 0 Å². The Kier molecular flexibility index (Phi) is 4.69. The first-order valence-corrected chi connectivity index (χ1v) is 9.39. The molecule has 0 fully saturated rings. The van der Waals surface area contributed by atoms with Gasteiger partial charge in [-0.15, -0.1) is 0 Å². The molecule has 0 radical (unpaired) electrons. The van der Waals surface area contributed by atoms with Gasteiger partial charge in [0.25, 0.3) is 10.1 Å². The van der Waals surface area contributed by atoms with Crippen LogP contribution in [0.5, 0.6) is 0 Å². The van der Waals surface area contributed by atoms with Gasteiger partial charge in [-0.05, 0) is 65.9 Å². The Labute approximate surface area is 148 Å². The molecule has 1 atom stereocenters. The van der Waals surface area contributed by atoms with Gasteiger partial charge in [0.1, 0.15) is 6.61 Å². The zero-order valence-electron chi connectivity index (χ0n) is 12.3. The van der Waals surface area contributed by atoms with Crippen molar-refractivity contribution in [1.29, 1.82) is 0 Å². The number of nitrogens with zero attached hydrogens (tertiary/aromatic N) is 1. The van der Waals surface area contributed by atoms with Crippen LogP contribution >= 0.6 is 22.6 Å². The molecular weight excluding hydrogens is 429 g/mol. The van der Waals surface area contributed by atoms with Gasteiger partial charge in [-0.3, -0.25) is 0 Å². The first-order chi connectivity index (χ1) is 10.9. The number of aliphatic imine (C=N–C) groups is 1. The monoisotopic (exact) mass is 443 g/mol. The van der Waals surface area contributed by atoms with Crippen LogP contribution < -0.4 is 0 Å². The van der Waals surface area contributed by atoms with Crippen LogP contribution in [-0.2, 0) is 19.0 Å².